The molecule has 4 heteroatoms. The van der Waals surface area contributed by atoms with Gasteiger partial charge in [-0.1, -0.05) is 53.2 Å². The third-order valence-electron chi connectivity index (χ3n) is 11.5. The summed E-state index contributed by atoms with van der Waals surface area (Å²) in [6, 6.07) is 0. The Hall–Kier alpha value is -0.870. The van der Waals surface area contributed by atoms with Gasteiger partial charge in [-0.3, -0.25) is 4.79 Å². The molecule has 0 radical (unpaired) electrons. The van der Waals surface area contributed by atoms with Gasteiger partial charge in [0.1, 0.15) is 6.10 Å². The van der Waals surface area contributed by atoms with E-state index in [2.05, 4.69) is 47.6 Å². The second-order valence-corrected chi connectivity index (χ2v) is 13.4. The summed E-state index contributed by atoms with van der Waals surface area (Å²) in [5, 5.41) is 21.3. The molecule has 0 spiro atoms. The Labute approximate surface area is 207 Å². The second kappa shape index (κ2) is 9.54. The van der Waals surface area contributed by atoms with Crippen molar-refractivity contribution in [1.29, 1.82) is 0 Å². The van der Waals surface area contributed by atoms with Crippen molar-refractivity contribution in [3.8, 4) is 0 Å². The van der Waals surface area contributed by atoms with E-state index < -0.39 is 0 Å². The standard InChI is InChI=1S/C30H50O4/c1-17(2)19(4)27(33)14-18(3)24-10-11-25-23-9-8-21-15-22(32)12-13-29(21,6)26(23)16-28(30(24,25)7)34-20(5)31/h8,17-19,22-28,32-33H,9-16H2,1-7H3/t18-,19-,22+,23+,24-,25+,26+,27-,28-,29+,30-/m1/s1. The molecule has 4 aliphatic carbocycles. The van der Waals surface area contributed by atoms with E-state index in [1.807, 2.05) is 0 Å². The molecule has 0 unspecified atom stereocenters. The third kappa shape index (κ3) is 4.29. The van der Waals surface area contributed by atoms with Gasteiger partial charge in [-0.25, -0.2) is 0 Å². The van der Waals surface area contributed by atoms with Crippen LogP contribution in [0.5, 0.6) is 0 Å². The van der Waals surface area contributed by atoms with Crippen molar-refractivity contribution in [2.45, 2.75) is 118 Å². The molecule has 0 amide bonds. The predicted molar refractivity (Wildman–Crippen MR) is 136 cm³/mol. The Kier molecular flexibility index (Phi) is 7.35. The zero-order valence-electron chi connectivity index (χ0n) is 22.7. The van der Waals surface area contributed by atoms with Crippen LogP contribution in [0.15, 0.2) is 11.6 Å². The summed E-state index contributed by atoms with van der Waals surface area (Å²) in [6.45, 7) is 15.3. The summed E-state index contributed by atoms with van der Waals surface area (Å²) >= 11 is 0. The highest BCUT2D eigenvalue weighted by Crippen LogP contribution is 2.68. The molecule has 34 heavy (non-hydrogen) atoms. The highest BCUT2D eigenvalue weighted by Gasteiger charge is 2.64. The van der Waals surface area contributed by atoms with Crippen molar-refractivity contribution in [2.24, 2.45) is 52.3 Å². The SMILES string of the molecule is CC(=O)O[C@@H]1C[C@H]2[C@@H](CC=C3C[C@@H](O)CC[C@@]32C)[C@@H]2CC[C@H]([C@H](C)C[C@@H](O)[C@H](C)C(C)C)[C@@]12C. The van der Waals surface area contributed by atoms with Gasteiger partial charge < -0.3 is 14.9 Å². The van der Waals surface area contributed by atoms with Gasteiger partial charge in [0.15, 0.2) is 0 Å². The molecule has 0 aromatic carbocycles. The number of hydrogen-bond acceptors (Lipinski definition) is 4. The zero-order valence-corrected chi connectivity index (χ0v) is 22.7. The average Bonchev–Trinajstić information content (AvgIpc) is 3.12. The lowest BCUT2D eigenvalue weighted by atomic mass is 9.46. The van der Waals surface area contributed by atoms with Crippen LogP contribution in [-0.4, -0.2) is 34.5 Å². The van der Waals surface area contributed by atoms with E-state index in [-0.39, 0.29) is 41.0 Å². The number of allylic oxidation sites excluding steroid dienone is 1. The van der Waals surface area contributed by atoms with Crippen molar-refractivity contribution in [1.82, 2.24) is 0 Å². The van der Waals surface area contributed by atoms with E-state index in [0.29, 0.717) is 35.5 Å². The van der Waals surface area contributed by atoms with Crippen LogP contribution in [0, 0.1) is 52.3 Å². The molecule has 4 nitrogen and oxygen atoms in total. The minimum Gasteiger partial charge on any atom is -0.462 e. The monoisotopic (exact) mass is 474 g/mol. The molecule has 4 aliphatic rings. The van der Waals surface area contributed by atoms with Gasteiger partial charge in [0, 0.05) is 12.3 Å². The zero-order chi connectivity index (χ0) is 25.0. The van der Waals surface area contributed by atoms with E-state index in [1.165, 1.54) is 12.0 Å². The van der Waals surface area contributed by atoms with Crippen molar-refractivity contribution in [3.05, 3.63) is 11.6 Å². The number of aliphatic hydroxyl groups is 2. The minimum absolute atomic E-state index is 0.0388. The minimum atomic E-state index is -0.283. The van der Waals surface area contributed by atoms with Gasteiger partial charge in [0.25, 0.3) is 0 Å². The van der Waals surface area contributed by atoms with Crippen molar-refractivity contribution >= 4 is 5.97 Å². The van der Waals surface area contributed by atoms with Crippen LogP contribution in [-0.2, 0) is 9.53 Å². The number of hydrogen-bond donors (Lipinski definition) is 2. The van der Waals surface area contributed by atoms with Crippen LogP contribution in [0.25, 0.3) is 0 Å². The summed E-state index contributed by atoms with van der Waals surface area (Å²) < 4.78 is 6.20. The number of ether oxygens (including phenoxy) is 1. The Morgan fingerprint density at radius 2 is 1.85 bits per heavy atom. The fourth-order valence-electron chi connectivity index (χ4n) is 9.12. The first-order valence-corrected chi connectivity index (χ1v) is 14.1. The smallest absolute Gasteiger partial charge is 0.302 e. The summed E-state index contributed by atoms with van der Waals surface area (Å²) in [5.41, 5.74) is 1.53. The third-order valence-corrected chi connectivity index (χ3v) is 11.5. The summed E-state index contributed by atoms with van der Waals surface area (Å²) in [4.78, 5) is 12.3. The molecule has 11 atom stereocenters. The van der Waals surface area contributed by atoms with Crippen LogP contribution < -0.4 is 0 Å². The topological polar surface area (TPSA) is 66.8 Å². The lowest BCUT2D eigenvalue weighted by Gasteiger charge is -2.60. The van der Waals surface area contributed by atoms with Crippen LogP contribution in [0.2, 0.25) is 0 Å². The summed E-state index contributed by atoms with van der Waals surface area (Å²) in [5.74, 6) is 3.14. The molecule has 2 N–H and O–H groups in total. The molecule has 0 aromatic rings. The normalized spacial score (nSPS) is 44.4. The Morgan fingerprint density at radius 1 is 1.15 bits per heavy atom. The van der Waals surface area contributed by atoms with E-state index in [4.69, 9.17) is 4.74 Å². The Balaban J connectivity index is 1.63. The van der Waals surface area contributed by atoms with Gasteiger partial charge >= 0.3 is 5.97 Å². The van der Waals surface area contributed by atoms with E-state index >= 15 is 0 Å². The van der Waals surface area contributed by atoms with E-state index in [9.17, 15) is 15.0 Å². The molecular formula is C30H50O4. The highest BCUT2D eigenvalue weighted by atomic mass is 16.5. The van der Waals surface area contributed by atoms with Crippen molar-refractivity contribution in [3.63, 3.8) is 0 Å². The second-order valence-electron chi connectivity index (χ2n) is 13.4. The van der Waals surface area contributed by atoms with Gasteiger partial charge in [-0.2, -0.15) is 0 Å². The molecular weight excluding hydrogens is 424 g/mol. The van der Waals surface area contributed by atoms with Gasteiger partial charge in [-0.05, 0) is 98.2 Å². The number of carbonyl (C=O) groups excluding carboxylic acids is 1. The van der Waals surface area contributed by atoms with Crippen LogP contribution in [0.4, 0.5) is 0 Å². The fourth-order valence-corrected chi connectivity index (χ4v) is 9.12. The van der Waals surface area contributed by atoms with Gasteiger partial charge in [0.05, 0.1) is 12.2 Å². The molecule has 0 aromatic heterocycles. The molecule has 0 bridgehead atoms. The van der Waals surface area contributed by atoms with E-state index in [0.717, 1.165) is 44.9 Å². The fraction of sp³-hybridized carbons (Fsp3) is 0.900. The molecule has 0 heterocycles. The van der Waals surface area contributed by atoms with Gasteiger partial charge in [-0.15, -0.1) is 0 Å². The van der Waals surface area contributed by atoms with Crippen LogP contribution in [0.1, 0.15) is 99.8 Å². The van der Waals surface area contributed by atoms with Gasteiger partial charge in [0.2, 0.25) is 0 Å². The Morgan fingerprint density at radius 3 is 2.50 bits per heavy atom. The number of aliphatic hydroxyl groups excluding tert-OH is 2. The Bertz CT molecular complexity index is 789. The molecule has 3 fully saturated rings. The van der Waals surface area contributed by atoms with Crippen LogP contribution >= 0.6 is 0 Å². The first kappa shape index (κ1) is 26.2. The lowest BCUT2D eigenvalue weighted by molar-refractivity contribution is -0.180. The molecule has 0 saturated heterocycles. The van der Waals surface area contributed by atoms with E-state index in [1.54, 1.807) is 6.92 Å². The first-order valence-electron chi connectivity index (χ1n) is 14.1. The van der Waals surface area contributed by atoms with Crippen molar-refractivity contribution in [2.75, 3.05) is 0 Å². The molecule has 194 valence electrons. The number of rotatable bonds is 6. The number of fused-ring (bicyclic) bond motifs is 5. The predicted octanol–water partition coefficient (Wildman–Crippen LogP) is 6.15. The number of esters is 1. The number of carbonyl (C=O) groups is 1. The molecule has 4 rings (SSSR count). The quantitative estimate of drug-likeness (QED) is 0.358. The average molecular weight is 475 g/mol. The van der Waals surface area contributed by atoms with Crippen molar-refractivity contribution < 1.29 is 19.7 Å². The summed E-state index contributed by atoms with van der Waals surface area (Å²) in [6.07, 6.45) is 9.88. The summed E-state index contributed by atoms with van der Waals surface area (Å²) in [7, 11) is 0. The maximum Gasteiger partial charge on any atom is 0.302 e. The van der Waals surface area contributed by atoms with Crippen LogP contribution in [0.3, 0.4) is 0 Å². The largest absolute Gasteiger partial charge is 0.462 e. The maximum absolute atomic E-state index is 12.3. The maximum atomic E-state index is 12.3. The molecule has 3 saturated carbocycles. The lowest BCUT2D eigenvalue weighted by Crippen LogP contribution is -2.57. The molecule has 0 aliphatic heterocycles. The highest BCUT2D eigenvalue weighted by molar-refractivity contribution is 5.66. The first-order chi connectivity index (χ1) is 15.9.